The summed E-state index contributed by atoms with van der Waals surface area (Å²) < 4.78 is 13.1. The Hall–Kier alpha value is -1.09. The first-order valence-corrected chi connectivity index (χ1v) is 6.73. The highest BCUT2D eigenvalue weighted by atomic mass is 19.1. The predicted octanol–water partition coefficient (Wildman–Crippen LogP) is 2.86. The van der Waals surface area contributed by atoms with Gasteiger partial charge in [-0.2, -0.15) is 0 Å². The summed E-state index contributed by atoms with van der Waals surface area (Å²) >= 11 is 0. The Morgan fingerprint density at radius 3 is 3.00 bits per heavy atom. The molecule has 18 heavy (non-hydrogen) atoms. The molecule has 100 valence electrons. The molecule has 0 spiro atoms. The summed E-state index contributed by atoms with van der Waals surface area (Å²) in [5.41, 5.74) is 1.07. The number of nitrogens with one attached hydrogen (secondary N) is 1. The van der Waals surface area contributed by atoms with Crippen LogP contribution in [0, 0.1) is 11.8 Å². The third kappa shape index (κ3) is 3.22. The van der Waals surface area contributed by atoms with Gasteiger partial charge in [0.05, 0.1) is 0 Å². The van der Waals surface area contributed by atoms with Crippen molar-refractivity contribution in [2.24, 2.45) is 11.8 Å². The van der Waals surface area contributed by atoms with Gasteiger partial charge in [-0.1, -0.05) is 19.6 Å². The summed E-state index contributed by atoms with van der Waals surface area (Å²) in [6.07, 6.45) is 7.20. The van der Waals surface area contributed by atoms with E-state index in [0.717, 1.165) is 37.5 Å². The van der Waals surface area contributed by atoms with E-state index in [1.165, 1.54) is 6.08 Å². The van der Waals surface area contributed by atoms with Crippen molar-refractivity contribution in [3.63, 3.8) is 0 Å². The number of hydrogen-bond donors (Lipinski definition) is 1. The van der Waals surface area contributed by atoms with Crippen LogP contribution in [0.2, 0.25) is 0 Å². The largest absolute Gasteiger partial charge is 0.387 e. The molecule has 1 aliphatic heterocycles. The minimum atomic E-state index is -0.120. The Morgan fingerprint density at radius 2 is 2.39 bits per heavy atom. The Balaban J connectivity index is 1.80. The van der Waals surface area contributed by atoms with Crippen molar-refractivity contribution in [1.29, 1.82) is 0 Å². The van der Waals surface area contributed by atoms with Gasteiger partial charge in [0.2, 0.25) is 0 Å². The molecule has 1 heterocycles. The SMILES string of the molecule is C=C(NCC1C=C(F)C=CC1)C1CC(C)CN1C. The fourth-order valence-corrected chi connectivity index (χ4v) is 2.89. The zero-order valence-electron chi connectivity index (χ0n) is 11.3. The standard InChI is InChI=1S/C15H23FN2/c1-11-7-15(18(3)10-11)12(2)17-9-13-5-4-6-14(16)8-13/h4,6,8,11,13,15,17H,2,5,7,9-10H2,1,3H3. The van der Waals surface area contributed by atoms with Crippen LogP contribution in [0.3, 0.4) is 0 Å². The van der Waals surface area contributed by atoms with Crippen molar-refractivity contribution in [3.8, 4) is 0 Å². The van der Waals surface area contributed by atoms with E-state index >= 15 is 0 Å². The average molecular weight is 250 g/mol. The van der Waals surface area contributed by atoms with E-state index < -0.39 is 0 Å². The number of nitrogens with zero attached hydrogens (tertiary/aromatic N) is 1. The highest BCUT2D eigenvalue weighted by molar-refractivity contribution is 5.18. The lowest BCUT2D eigenvalue weighted by molar-refractivity contribution is 0.328. The highest BCUT2D eigenvalue weighted by Crippen LogP contribution is 2.25. The van der Waals surface area contributed by atoms with E-state index in [2.05, 4.69) is 30.8 Å². The van der Waals surface area contributed by atoms with Gasteiger partial charge in [0.15, 0.2) is 0 Å². The lowest BCUT2D eigenvalue weighted by atomic mass is 9.99. The van der Waals surface area contributed by atoms with Crippen molar-refractivity contribution in [2.45, 2.75) is 25.8 Å². The summed E-state index contributed by atoms with van der Waals surface area (Å²) in [5, 5.41) is 3.38. The second-order valence-electron chi connectivity index (χ2n) is 5.65. The van der Waals surface area contributed by atoms with E-state index in [9.17, 15) is 4.39 Å². The first kappa shape index (κ1) is 13.3. The van der Waals surface area contributed by atoms with Gasteiger partial charge >= 0.3 is 0 Å². The van der Waals surface area contributed by atoms with Crippen molar-refractivity contribution in [2.75, 3.05) is 20.1 Å². The number of halogens is 1. The maximum atomic E-state index is 13.1. The highest BCUT2D eigenvalue weighted by Gasteiger charge is 2.28. The van der Waals surface area contributed by atoms with Gasteiger partial charge in [-0.3, -0.25) is 4.90 Å². The molecule has 2 aliphatic rings. The Labute approximate surface area is 109 Å². The van der Waals surface area contributed by atoms with Crippen LogP contribution in [0.4, 0.5) is 4.39 Å². The van der Waals surface area contributed by atoms with Crippen LogP contribution >= 0.6 is 0 Å². The molecule has 1 aliphatic carbocycles. The summed E-state index contributed by atoms with van der Waals surface area (Å²) in [6, 6.07) is 0.424. The second kappa shape index (κ2) is 5.70. The van der Waals surface area contributed by atoms with Gasteiger partial charge in [-0.15, -0.1) is 0 Å². The molecule has 0 radical (unpaired) electrons. The summed E-state index contributed by atoms with van der Waals surface area (Å²) in [5.74, 6) is 0.856. The maximum absolute atomic E-state index is 13.1. The van der Waals surface area contributed by atoms with E-state index in [1.807, 2.05) is 6.08 Å². The van der Waals surface area contributed by atoms with Gasteiger partial charge in [0.1, 0.15) is 5.83 Å². The quantitative estimate of drug-likeness (QED) is 0.825. The van der Waals surface area contributed by atoms with Gasteiger partial charge in [0.25, 0.3) is 0 Å². The van der Waals surface area contributed by atoms with Gasteiger partial charge < -0.3 is 5.32 Å². The normalized spacial score (nSPS) is 32.4. The van der Waals surface area contributed by atoms with Crippen LogP contribution in [0.1, 0.15) is 19.8 Å². The first-order valence-electron chi connectivity index (χ1n) is 6.73. The van der Waals surface area contributed by atoms with Crippen molar-refractivity contribution in [3.05, 3.63) is 36.3 Å². The molecule has 0 saturated carbocycles. The zero-order valence-corrected chi connectivity index (χ0v) is 11.3. The number of likely N-dealkylation sites (N-methyl/N-ethyl adjacent to an activating group) is 1. The number of hydrogen-bond acceptors (Lipinski definition) is 2. The molecule has 1 N–H and O–H groups in total. The molecular weight excluding hydrogens is 227 g/mol. The van der Waals surface area contributed by atoms with Crippen LogP contribution < -0.4 is 5.32 Å². The molecule has 0 amide bonds. The lowest BCUT2D eigenvalue weighted by Crippen LogP contribution is -2.34. The van der Waals surface area contributed by atoms with E-state index in [0.29, 0.717) is 6.04 Å². The van der Waals surface area contributed by atoms with Crippen LogP contribution in [-0.2, 0) is 0 Å². The van der Waals surface area contributed by atoms with Crippen LogP contribution in [-0.4, -0.2) is 31.1 Å². The monoisotopic (exact) mass is 250 g/mol. The minimum absolute atomic E-state index is 0.120. The second-order valence-corrected chi connectivity index (χ2v) is 5.65. The Bertz CT molecular complexity index is 373. The lowest BCUT2D eigenvalue weighted by Gasteiger charge is -2.24. The first-order chi connectivity index (χ1) is 8.56. The third-order valence-electron chi connectivity index (χ3n) is 3.86. The number of allylic oxidation sites excluding steroid dienone is 3. The smallest absolute Gasteiger partial charge is 0.119 e. The van der Waals surface area contributed by atoms with Crippen molar-refractivity contribution in [1.82, 2.24) is 10.2 Å². The van der Waals surface area contributed by atoms with Crippen molar-refractivity contribution < 1.29 is 4.39 Å². The molecule has 0 bridgehead atoms. The fourth-order valence-electron chi connectivity index (χ4n) is 2.89. The van der Waals surface area contributed by atoms with E-state index in [-0.39, 0.29) is 11.7 Å². The van der Waals surface area contributed by atoms with Crippen LogP contribution in [0.15, 0.2) is 36.3 Å². The van der Waals surface area contributed by atoms with E-state index in [4.69, 9.17) is 0 Å². The molecule has 1 fully saturated rings. The van der Waals surface area contributed by atoms with Crippen LogP contribution in [0.5, 0.6) is 0 Å². The molecule has 1 saturated heterocycles. The molecule has 0 aromatic heterocycles. The predicted molar refractivity (Wildman–Crippen MR) is 73.8 cm³/mol. The molecular formula is C15H23FN2. The molecule has 3 atom stereocenters. The molecule has 0 aromatic carbocycles. The van der Waals surface area contributed by atoms with Crippen molar-refractivity contribution >= 4 is 0 Å². The number of likely N-dealkylation sites (tertiary alicyclic amines) is 1. The Kier molecular flexibility index (Phi) is 4.23. The minimum Gasteiger partial charge on any atom is -0.387 e. The molecule has 2 rings (SSSR count). The topological polar surface area (TPSA) is 15.3 Å². The zero-order chi connectivity index (χ0) is 13.1. The molecule has 0 aromatic rings. The summed E-state index contributed by atoms with van der Waals surface area (Å²) in [6.45, 7) is 8.32. The number of rotatable bonds is 4. The Morgan fingerprint density at radius 1 is 1.61 bits per heavy atom. The van der Waals surface area contributed by atoms with Gasteiger partial charge in [-0.05, 0) is 38.0 Å². The maximum Gasteiger partial charge on any atom is 0.119 e. The fraction of sp³-hybridized carbons (Fsp3) is 0.600. The average Bonchev–Trinajstić information content (AvgIpc) is 2.66. The van der Waals surface area contributed by atoms with E-state index in [1.54, 1.807) is 6.08 Å². The van der Waals surface area contributed by atoms with Crippen LogP contribution in [0.25, 0.3) is 0 Å². The molecule has 3 unspecified atom stereocenters. The summed E-state index contributed by atoms with van der Waals surface area (Å²) in [7, 11) is 2.14. The summed E-state index contributed by atoms with van der Waals surface area (Å²) in [4.78, 5) is 2.34. The van der Waals surface area contributed by atoms with Gasteiger partial charge in [0, 0.05) is 30.7 Å². The van der Waals surface area contributed by atoms with Gasteiger partial charge in [-0.25, -0.2) is 4.39 Å². The molecule has 3 heteroatoms. The molecule has 2 nitrogen and oxygen atoms in total. The third-order valence-corrected chi connectivity index (χ3v) is 3.86.